The molecule has 0 aliphatic heterocycles. The maximum Gasteiger partial charge on any atom is 0.378 e. The number of esters is 1. The van der Waals surface area contributed by atoms with Crippen LogP contribution in [0.4, 0.5) is 0 Å². The van der Waals surface area contributed by atoms with Gasteiger partial charge in [-0.1, -0.05) is 78.9 Å². The SMILES string of the molecule is O=C(COC(=O)c1nc(-c2ccccc2)n(-c2ccccc2)n1)NCCCc1ccccc1. The molecule has 0 spiro atoms. The van der Waals surface area contributed by atoms with Gasteiger partial charge in [0.05, 0.1) is 5.69 Å². The lowest BCUT2D eigenvalue weighted by Gasteiger charge is -2.06. The van der Waals surface area contributed by atoms with E-state index in [1.54, 1.807) is 4.68 Å². The van der Waals surface area contributed by atoms with Crippen molar-refractivity contribution in [2.24, 2.45) is 0 Å². The molecule has 0 aliphatic carbocycles. The molecule has 1 N–H and O–H groups in total. The van der Waals surface area contributed by atoms with Crippen LogP contribution >= 0.6 is 0 Å². The molecule has 0 radical (unpaired) electrons. The van der Waals surface area contributed by atoms with Crippen LogP contribution in [-0.4, -0.2) is 39.8 Å². The molecule has 33 heavy (non-hydrogen) atoms. The summed E-state index contributed by atoms with van der Waals surface area (Å²) in [5, 5.41) is 7.11. The number of rotatable bonds is 9. The van der Waals surface area contributed by atoms with Crippen LogP contribution in [0.15, 0.2) is 91.0 Å². The van der Waals surface area contributed by atoms with Crippen LogP contribution in [0, 0.1) is 0 Å². The van der Waals surface area contributed by atoms with Crippen molar-refractivity contribution in [2.75, 3.05) is 13.2 Å². The van der Waals surface area contributed by atoms with Crippen LogP contribution in [0.1, 0.15) is 22.6 Å². The third kappa shape index (κ3) is 5.92. The average molecular weight is 441 g/mol. The minimum atomic E-state index is -0.749. The summed E-state index contributed by atoms with van der Waals surface area (Å²) in [4.78, 5) is 29.0. The Hall–Kier alpha value is -4.26. The lowest BCUT2D eigenvalue weighted by Crippen LogP contribution is -2.30. The van der Waals surface area contributed by atoms with Gasteiger partial charge in [0.2, 0.25) is 0 Å². The fourth-order valence-corrected chi connectivity index (χ4v) is 3.33. The van der Waals surface area contributed by atoms with Gasteiger partial charge in [0.15, 0.2) is 12.4 Å². The second-order valence-electron chi connectivity index (χ2n) is 7.39. The molecule has 7 heteroatoms. The summed E-state index contributed by atoms with van der Waals surface area (Å²) in [6.45, 7) is 0.120. The molecule has 4 aromatic rings. The van der Waals surface area contributed by atoms with E-state index in [4.69, 9.17) is 4.74 Å². The summed E-state index contributed by atoms with van der Waals surface area (Å²) in [6.07, 6.45) is 1.66. The molecule has 0 fully saturated rings. The summed E-state index contributed by atoms with van der Waals surface area (Å²) in [5.74, 6) is -0.697. The Bertz CT molecular complexity index is 1140. The number of ether oxygens (including phenoxy) is 1. The largest absolute Gasteiger partial charge is 0.450 e. The molecule has 166 valence electrons. The minimum Gasteiger partial charge on any atom is -0.450 e. The van der Waals surface area contributed by atoms with Gasteiger partial charge in [-0.05, 0) is 30.5 Å². The van der Waals surface area contributed by atoms with E-state index in [-0.39, 0.29) is 18.3 Å². The Morgan fingerprint density at radius 2 is 1.48 bits per heavy atom. The van der Waals surface area contributed by atoms with Gasteiger partial charge in [-0.25, -0.2) is 14.5 Å². The first-order chi connectivity index (χ1) is 16.2. The molecule has 0 saturated carbocycles. The monoisotopic (exact) mass is 440 g/mol. The summed E-state index contributed by atoms with van der Waals surface area (Å²) in [6, 6.07) is 28.9. The molecule has 1 aromatic heterocycles. The lowest BCUT2D eigenvalue weighted by atomic mass is 10.1. The first-order valence-electron chi connectivity index (χ1n) is 10.8. The average Bonchev–Trinajstić information content (AvgIpc) is 3.33. The highest BCUT2D eigenvalue weighted by atomic mass is 16.5. The second-order valence-corrected chi connectivity index (χ2v) is 7.39. The van der Waals surface area contributed by atoms with Crippen molar-refractivity contribution in [3.63, 3.8) is 0 Å². The van der Waals surface area contributed by atoms with Crippen LogP contribution in [0.5, 0.6) is 0 Å². The Morgan fingerprint density at radius 1 is 0.848 bits per heavy atom. The molecule has 0 bridgehead atoms. The summed E-state index contributed by atoms with van der Waals surface area (Å²) >= 11 is 0. The van der Waals surface area contributed by atoms with E-state index < -0.39 is 5.97 Å². The van der Waals surface area contributed by atoms with Crippen LogP contribution in [0.25, 0.3) is 17.1 Å². The van der Waals surface area contributed by atoms with E-state index in [1.807, 2.05) is 78.9 Å². The summed E-state index contributed by atoms with van der Waals surface area (Å²) < 4.78 is 6.75. The van der Waals surface area contributed by atoms with Crippen molar-refractivity contribution >= 4 is 11.9 Å². The van der Waals surface area contributed by atoms with Gasteiger partial charge in [-0.2, -0.15) is 0 Å². The molecule has 3 aromatic carbocycles. The highest BCUT2D eigenvalue weighted by Gasteiger charge is 2.20. The van der Waals surface area contributed by atoms with Gasteiger partial charge >= 0.3 is 5.97 Å². The number of carbonyl (C=O) groups is 2. The third-order valence-corrected chi connectivity index (χ3v) is 4.96. The minimum absolute atomic E-state index is 0.102. The summed E-state index contributed by atoms with van der Waals surface area (Å²) in [7, 11) is 0. The number of carbonyl (C=O) groups excluding carboxylic acids is 2. The number of hydrogen-bond donors (Lipinski definition) is 1. The molecule has 1 amide bonds. The van der Waals surface area contributed by atoms with Gasteiger partial charge in [-0.3, -0.25) is 4.79 Å². The topological polar surface area (TPSA) is 86.1 Å². The zero-order chi connectivity index (χ0) is 22.9. The van der Waals surface area contributed by atoms with Crippen LogP contribution in [0.3, 0.4) is 0 Å². The first-order valence-corrected chi connectivity index (χ1v) is 10.8. The number of aryl methyl sites for hydroxylation is 1. The van der Waals surface area contributed by atoms with Crippen molar-refractivity contribution < 1.29 is 14.3 Å². The third-order valence-electron chi connectivity index (χ3n) is 4.96. The molecule has 4 rings (SSSR count). The molecule has 0 atom stereocenters. The number of aromatic nitrogens is 3. The fraction of sp³-hybridized carbons (Fsp3) is 0.154. The Labute approximate surface area is 192 Å². The number of benzene rings is 3. The number of nitrogens with one attached hydrogen (secondary N) is 1. The molecule has 0 saturated heterocycles. The van der Waals surface area contributed by atoms with Gasteiger partial charge in [-0.15, -0.1) is 5.10 Å². The van der Waals surface area contributed by atoms with Crippen LogP contribution in [0.2, 0.25) is 0 Å². The number of hydrogen-bond acceptors (Lipinski definition) is 5. The number of para-hydroxylation sites is 1. The highest BCUT2D eigenvalue weighted by Crippen LogP contribution is 2.21. The van der Waals surface area contributed by atoms with Crippen molar-refractivity contribution in [2.45, 2.75) is 12.8 Å². The zero-order valence-corrected chi connectivity index (χ0v) is 18.1. The Kier molecular flexibility index (Phi) is 7.22. The van der Waals surface area contributed by atoms with E-state index in [0.29, 0.717) is 12.4 Å². The molecular weight excluding hydrogens is 416 g/mol. The van der Waals surface area contributed by atoms with E-state index in [1.165, 1.54) is 5.56 Å². The van der Waals surface area contributed by atoms with Gasteiger partial charge in [0.1, 0.15) is 0 Å². The summed E-state index contributed by atoms with van der Waals surface area (Å²) in [5.41, 5.74) is 2.79. The highest BCUT2D eigenvalue weighted by molar-refractivity contribution is 5.88. The number of nitrogens with zero attached hydrogens (tertiary/aromatic N) is 3. The van der Waals surface area contributed by atoms with Crippen LogP contribution < -0.4 is 5.32 Å². The zero-order valence-electron chi connectivity index (χ0n) is 18.1. The Balaban J connectivity index is 1.36. The lowest BCUT2D eigenvalue weighted by molar-refractivity contribution is -0.124. The van der Waals surface area contributed by atoms with E-state index >= 15 is 0 Å². The number of amides is 1. The van der Waals surface area contributed by atoms with E-state index in [2.05, 4.69) is 27.5 Å². The molecule has 1 heterocycles. The smallest absolute Gasteiger partial charge is 0.378 e. The maximum absolute atomic E-state index is 12.6. The van der Waals surface area contributed by atoms with Crippen molar-refractivity contribution in [1.82, 2.24) is 20.1 Å². The predicted molar refractivity (Wildman–Crippen MR) is 125 cm³/mol. The standard InChI is InChI=1S/C26H24N4O3/c31-23(27-18-10-13-20-11-4-1-5-12-20)19-33-26(32)24-28-25(21-14-6-2-7-15-21)30(29-24)22-16-8-3-9-17-22/h1-9,11-12,14-17H,10,13,18-19H2,(H,27,31). The van der Waals surface area contributed by atoms with E-state index in [0.717, 1.165) is 24.1 Å². The van der Waals surface area contributed by atoms with E-state index in [9.17, 15) is 9.59 Å². The Morgan fingerprint density at radius 3 is 2.18 bits per heavy atom. The molecule has 7 nitrogen and oxygen atoms in total. The predicted octanol–water partition coefficient (Wildman–Crippen LogP) is 3.84. The normalized spacial score (nSPS) is 10.5. The fourth-order valence-electron chi connectivity index (χ4n) is 3.33. The molecule has 0 aliphatic rings. The first kappa shape index (κ1) is 22.0. The maximum atomic E-state index is 12.6. The van der Waals surface area contributed by atoms with Crippen molar-refractivity contribution in [1.29, 1.82) is 0 Å². The van der Waals surface area contributed by atoms with Crippen molar-refractivity contribution in [3.8, 4) is 17.1 Å². The quantitative estimate of drug-likeness (QED) is 0.316. The molecule has 0 unspecified atom stereocenters. The second kappa shape index (κ2) is 10.9. The van der Waals surface area contributed by atoms with Crippen LogP contribution in [-0.2, 0) is 16.0 Å². The van der Waals surface area contributed by atoms with Gasteiger partial charge in [0.25, 0.3) is 11.7 Å². The molecular formula is C26H24N4O3. The van der Waals surface area contributed by atoms with Gasteiger partial charge in [0, 0.05) is 12.1 Å². The van der Waals surface area contributed by atoms with Crippen molar-refractivity contribution in [3.05, 3.63) is 102 Å². The van der Waals surface area contributed by atoms with Gasteiger partial charge < -0.3 is 10.1 Å².